The molecule has 0 fully saturated rings. The highest BCUT2D eigenvalue weighted by atomic mass is 32.2. The van der Waals surface area contributed by atoms with Crippen molar-refractivity contribution in [2.75, 3.05) is 17.2 Å². The molecule has 1 heterocycles. The van der Waals surface area contributed by atoms with Gasteiger partial charge < -0.3 is 0 Å². The van der Waals surface area contributed by atoms with Gasteiger partial charge in [-0.1, -0.05) is 5.92 Å². The van der Waals surface area contributed by atoms with Crippen LogP contribution < -0.4 is 4.90 Å². The normalized spacial score (nSPS) is 16.6. The van der Waals surface area contributed by atoms with E-state index >= 15 is 0 Å². The average Bonchev–Trinajstić information content (AvgIpc) is 2.33. The van der Waals surface area contributed by atoms with Gasteiger partial charge in [0.2, 0.25) is 5.91 Å². The Morgan fingerprint density at radius 2 is 2.16 bits per heavy atom. The molecule has 2 rings (SSSR count). The number of sulfone groups is 1. The highest BCUT2D eigenvalue weighted by Crippen LogP contribution is 2.32. The molecule has 1 aromatic carbocycles. The number of amides is 1. The first kappa shape index (κ1) is 13.3. The molecule has 1 aliphatic rings. The molecule has 1 amide bonds. The topological polar surface area (TPSA) is 71.5 Å². The molecule has 1 aliphatic heterocycles. The van der Waals surface area contributed by atoms with Crippen molar-refractivity contribution in [2.24, 2.45) is 0 Å². The van der Waals surface area contributed by atoms with E-state index in [-0.39, 0.29) is 22.9 Å². The van der Waals surface area contributed by atoms with Gasteiger partial charge in [0, 0.05) is 5.56 Å². The number of terminal acetylenes is 1. The number of anilines is 1. The molecule has 98 valence electrons. The number of carbonyl (C=O) groups excluding carboxylic acids is 2. The van der Waals surface area contributed by atoms with Crippen LogP contribution in [0.1, 0.15) is 17.3 Å². The van der Waals surface area contributed by atoms with Gasteiger partial charge in [-0.05, 0) is 25.1 Å². The van der Waals surface area contributed by atoms with Crippen molar-refractivity contribution in [3.63, 3.8) is 0 Å². The van der Waals surface area contributed by atoms with Crippen molar-refractivity contribution in [3.05, 3.63) is 23.8 Å². The molecule has 0 spiro atoms. The van der Waals surface area contributed by atoms with E-state index in [4.69, 9.17) is 6.42 Å². The molecule has 0 aliphatic carbocycles. The molecule has 1 aromatic rings. The first-order valence-electron chi connectivity index (χ1n) is 5.48. The van der Waals surface area contributed by atoms with E-state index in [1.54, 1.807) is 0 Å². The summed E-state index contributed by atoms with van der Waals surface area (Å²) < 4.78 is 23.9. The molecule has 0 atom stereocenters. The van der Waals surface area contributed by atoms with Crippen LogP contribution in [0.4, 0.5) is 5.69 Å². The van der Waals surface area contributed by atoms with Gasteiger partial charge >= 0.3 is 0 Å². The Hall–Kier alpha value is -2.13. The molecule has 6 heteroatoms. The Balaban J connectivity index is 2.70. The lowest BCUT2D eigenvalue weighted by Crippen LogP contribution is -2.41. The fourth-order valence-corrected chi connectivity index (χ4v) is 3.33. The maximum absolute atomic E-state index is 11.9. The van der Waals surface area contributed by atoms with Crippen LogP contribution in [-0.4, -0.2) is 32.4 Å². The fourth-order valence-electron chi connectivity index (χ4n) is 1.93. The summed E-state index contributed by atoms with van der Waals surface area (Å²) in [5.41, 5.74) is 0.521. The Labute approximate surface area is 111 Å². The maximum Gasteiger partial charge on any atom is 0.243 e. The minimum absolute atomic E-state index is 0.0251. The molecule has 0 unspecified atom stereocenters. The molecule has 19 heavy (non-hydrogen) atoms. The summed E-state index contributed by atoms with van der Waals surface area (Å²) in [6, 6.07) is 4.17. The van der Waals surface area contributed by atoms with Crippen LogP contribution >= 0.6 is 0 Å². The summed E-state index contributed by atoms with van der Waals surface area (Å²) in [6.45, 7) is 1.34. The van der Waals surface area contributed by atoms with Crippen LogP contribution in [0.25, 0.3) is 0 Å². The number of hydrogen-bond donors (Lipinski definition) is 0. The summed E-state index contributed by atoms with van der Waals surface area (Å²) in [4.78, 5) is 24.4. The maximum atomic E-state index is 11.9. The fraction of sp³-hybridized carbons (Fsp3) is 0.231. The standard InChI is InChI=1S/C13H11NO4S/c1-3-6-14-11-7-10(9(2)15)4-5-12(11)19(17,18)8-13(14)16/h1,4-5,7H,6,8H2,2H3. The Bertz CT molecular complexity index is 713. The van der Waals surface area contributed by atoms with Crippen molar-refractivity contribution in [1.29, 1.82) is 0 Å². The summed E-state index contributed by atoms with van der Waals surface area (Å²) in [7, 11) is -3.66. The second-order valence-corrected chi connectivity index (χ2v) is 6.14. The van der Waals surface area contributed by atoms with Gasteiger partial charge in [0.05, 0.1) is 17.1 Å². The van der Waals surface area contributed by atoms with Crippen LogP contribution in [0.5, 0.6) is 0 Å². The Morgan fingerprint density at radius 3 is 2.74 bits per heavy atom. The predicted octanol–water partition coefficient (Wildman–Crippen LogP) is 0.643. The van der Waals surface area contributed by atoms with Gasteiger partial charge in [-0.25, -0.2) is 8.42 Å². The van der Waals surface area contributed by atoms with Crippen molar-refractivity contribution in [1.82, 2.24) is 0 Å². The summed E-state index contributed by atoms with van der Waals surface area (Å²) >= 11 is 0. The molecule has 0 aromatic heterocycles. The minimum Gasteiger partial charge on any atom is -0.299 e. The second-order valence-electron chi connectivity index (χ2n) is 4.18. The van der Waals surface area contributed by atoms with Crippen LogP contribution in [0, 0.1) is 12.3 Å². The van der Waals surface area contributed by atoms with E-state index in [0.717, 1.165) is 0 Å². The lowest BCUT2D eigenvalue weighted by atomic mass is 10.1. The molecular formula is C13H11NO4S. The van der Waals surface area contributed by atoms with E-state index in [1.807, 2.05) is 0 Å². The summed E-state index contributed by atoms with van der Waals surface area (Å²) in [6.07, 6.45) is 5.18. The number of Topliss-reactive ketones (excluding diaryl/α,β-unsaturated/α-hetero) is 1. The smallest absolute Gasteiger partial charge is 0.243 e. The van der Waals surface area contributed by atoms with Gasteiger partial charge in [0.25, 0.3) is 0 Å². The average molecular weight is 277 g/mol. The summed E-state index contributed by atoms with van der Waals surface area (Å²) in [5, 5.41) is 0. The third kappa shape index (κ3) is 2.25. The van der Waals surface area contributed by atoms with Crippen LogP contribution in [0.2, 0.25) is 0 Å². The molecule has 0 N–H and O–H groups in total. The first-order valence-corrected chi connectivity index (χ1v) is 7.13. The van der Waals surface area contributed by atoms with E-state index in [0.29, 0.717) is 5.56 Å². The molecule has 0 saturated carbocycles. The zero-order valence-corrected chi connectivity index (χ0v) is 11.0. The number of nitrogens with zero attached hydrogens (tertiary/aromatic N) is 1. The number of fused-ring (bicyclic) bond motifs is 1. The lowest BCUT2D eigenvalue weighted by molar-refractivity contribution is -0.116. The highest BCUT2D eigenvalue weighted by Gasteiger charge is 2.34. The number of rotatable bonds is 2. The van der Waals surface area contributed by atoms with E-state index in [9.17, 15) is 18.0 Å². The van der Waals surface area contributed by atoms with Crippen LogP contribution in [0.15, 0.2) is 23.1 Å². The summed E-state index contributed by atoms with van der Waals surface area (Å²) in [5.74, 6) is 0.927. The number of carbonyl (C=O) groups is 2. The molecule has 5 nitrogen and oxygen atoms in total. The van der Waals surface area contributed by atoms with Crippen molar-refractivity contribution in [2.45, 2.75) is 11.8 Å². The van der Waals surface area contributed by atoms with Gasteiger partial charge in [-0.15, -0.1) is 6.42 Å². The third-order valence-electron chi connectivity index (χ3n) is 2.86. The van der Waals surface area contributed by atoms with E-state index in [1.165, 1.54) is 30.0 Å². The van der Waals surface area contributed by atoms with Crippen molar-refractivity contribution in [3.8, 4) is 12.3 Å². The zero-order chi connectivity index (χ0) is 14.2. The van der Waals surface area contributed by atoms with Gasteiger partial charge in [0.1, 0.15) is 5.75 Å². The predicted molar refractivity (Wildman–Crippen MR) is 69.7 cm³/mol. The largest absolute Gasteiger partial charge is 0.299 e. The number of benzene rings is 1. The van der Waals surface area contributed by atoms with E-state index in [2.05, 4.69) is 5.92 Å². The van der Waals surface area contributed by atoms with Gasteiger partial charge in [-0.2, -0.15) is 0 Å². The molecular weight excluding hydrogens is 266 g/mol. The van der Waals surface area contributed by atoms with Gasteiger partial charge in [0.15, 0.2) is 15.6 Å². The number of hydrogen-bond acceptors (Lipinski definition) is 4. The first-order chi connectivity index (χ1) is 8.86. The SMILES string of the molecule is C#CCN1C(=O)CS(=O)(=O)c2ccc(C(C)=O)cc21. The van der Waals surface area contributed by atoms with E-state index < -0.39 is 21.5 Å². The monoisotopic (exact) mass is 277 g/mol. The molecule has 0 bridgehead atoms. The minimum atomic E-state index is -3.66. The lowest BCUT2D eigenvalue weighted by Gasteiger charge is -2.27. The molecule has 0 saturated heterocycles. The van der Waals surface area contributed by atoms with Crippen molar-refractivity contribution < 1.29 is 18.0 Å². The van der Waals surface area contributed by atoms with Gasteiger partial charge in [-0.3, -0.25) is 14.5 Å². The second kappa shape index (κ2) is 4.52. The van der Waals surface area contributed by atoms with Crippen LogP contribution in [-0.2, 0) is 14.6 Å². The Kier molecular flexibility index (Phi) is 3.16. The molecule has 0 radical (unpaired) electrons. The quantitative estimate of drug-likeness (QED) is 0.587. The highest BCUT2D eigenvalue weighted by molar-refractivity contribution is 7.92. The zero-order valence-electron chi connectivity index (χ0n) is 10.2. The third-order valence-corrected chi connectivity index (χ3v) is 4.50. The number of ketones is 1. The van der Waals surface area contributed by atoms with Crippen LogP contribution in [0.3, 0.4) is 0 Å². The van der Waals surface area contributed by atoms with Crippen molar-refractivity contribution >= 4 is 27.2 Å². The Morgan fingerprint density at radius 1 is 1.47 bits per heavy atom.